The Morgan fingerprint density at radius 1 is 0.980 bits per heavy atom. The van der Waals surface area contributed by atoms with Crippen LogP contribution in [0.2, 0.25) is 0 Å². The molecule has 2 saturated carbocycles. The molecular weight excluding hydrogens is 620 g/mol. The summed E-state index contributed by atoms with van der Waals surface area (Å²) in [5, 5.41) is 10.2. The third kappa shape index (κ3) is 7.56. The fourth-order valence-electron chi connectivity index (χ4n) is 8.74. The first-order valence-electron chi connectivity index (χ1n) is 18.1. The van der Waals surface area contributed by atoms with Crippen LogP contribution in [-0.4, -0.2) is 95.2 Å². The molecule has 2 aromatic rings. The third-order valence-electron chi connectivity index (χ3n) is 11.6. The van der Waals surface area contributed by atoms with E-state index < -0.39 is 23.5 Å². The van der Waals surface area contributed by atoms with Gasteiger partial charge in [-0.05, 0) is 61.3 Å². The molecule has 11 heteroatoms. The molecule has 1 aromatic heterocycles. The number of benzene rings is 1. The Bertz CT molecular complexity index is 1520. The van der Waals surface area contributed by atoms with Crippen molar-refractivity contribution in [2.45, 2.75) is 79.0 Å². The largest absolute Gasteiger partial charge is 0.376 e. The van der Waals surface area contributed by atoms with Crippen LogP contribution >= 0.6 is 0 Å². The maximum absolute atomic E-state index is 14.2. The minimum atomic E-state index is -0.890. The number of nitrogens with one attached hydrogen (secondary N) is 2. The van der Waals surface area contributed by atoms with Gasteiger partial charge in [0, 0.05) is 57.4 Å². The highest BCUT2D eigenvalue weighted by molar-refractivity contribution is 5.95. The average Bonchev–Trinajstić information content (AvgIpc) is 3.35. The number of carbonyl (C=O) groups excluding carboxylic acids is 4. The summed E-state index contributed by atoms with van der Waals surface area (Å²) in [6.45, 7) is 13.0. The molecule has 1 unspecified atom stereocenters. The SMILES string of the molecule is CNC(=O)[C@@H](NC(=O)[C@@H]1CN(C(=O)c2cnn(Cc3ccccc3)c2)CC12CN(C(=O)[C@H]1CC1(C)C)C2)[C@@H](C)OCC1C[C@@H](C)C[C@@H](C)C1. The second-order valence-corrected chi connectivity index (χ2v) is 16.4. The van der Waals surface area contributed by atoms with Crippen molar-refractivity contribution in [3.8, 4) is 0 Å². The molecule has 2 N–H and O–H groups in total. The van der Waals surface area contributed by atoms with Gasteiger partial charge < -0.3 is 25.2 Å². The lowest BCUT2D eigenvalue weighted by atomic mass is 9.70. The van der Waals surface area contributed by atoms with Crippen molar-refractivity contribution in [3.05, 3.63) is 53.9 Å². The van der Waals surface area contributed by atoms with Crippen molar-refractivity contribution in [1.82, 2.24) is 30.2 Å². The number of likely N-dealkylation sites (N-methyl/N-ethyl adjacent to an activating group) is 1. The molecule has 2 aliphatic heterocycles. The first kappa shape index (κ1) is 35.1. The summed E-state index contributed by atoms with van der Waals surface area (Å²) < 4.78 is 8.02. The Labute approximate surface area is 290 Å². The molecule has 4 fully saturated rings. The zero-order chi connectivity index (χ0) is 35.1. The molecule has 49 heavy (non-hydrogen) atoms. The standard InChI is InChI=1S/C38H54N6O5/c1-24-12-25(2)14-28(13-24)20-49-26(3)32(34(46)39-6)41-33(45)31-19-42(21-38(31)22-43(23-38)36(48)30-15-37(30,4)5)35(47)29-16-40-44(18-29)17-27-10-8-7-9-11-27/h7-11,16,18,24-26,28,30-32H,12-15,17,19-23H2,1-6H3,(H,39,46)(H,41,45)/t24-,25+,26-,28?,30-,31+,32+/m1/s1. The Morgan fingerprint density at radius 3 is 2.27 bits per heavy atom. The molecule has 1 aromatic carbocycles. The molecule has 6 rings (SSSR count). The smallest absolute Gasteiger partial charge is 0.257 e. The van der Waals surface area contributed by atoms with Crippen LogP contribution < -0.4 is 10.6 Å². The van der Waals surface area contributed by atoms with Gasteiger partial charge >= 0.3 is 0 Å². The number of amides is 4. The van der Waals surface area contributed by atoms with Crippen molar-refractivity contribution in [3.63, 3.8) is 0 Å². The normalized spacial score (nSPS) is 28.0. The van der Waals surface area contributed by atoms with E-state index in [0.717, 1.165) is 24.8 Å². The number of carbonyl (C=O) groups is 4. The van der Waals surface area contributed by atoms with Gasteiger partial charge in [0.15, 0.2) is 0 Å². The van der Waals surface area contributed by atoms with Gasteiger partial charge in [0.25, 0.3) is 5.91 Å². The Kier molecular flexibility index (Phi) is 9.95. The van der Waals surface area contributed by atoms with Gasteiger partial charge in [-0.25, -0.2) is 0 Å². The lowest BCUT2D eigenvalue weighted by molar-refractivity contribution is -0.152. The van der Waals surface area contributed by atoms with E-state index in [9.17, 15) is 19.2 Å². The molecule has 11 nitrogen and oxygen atoms in total. The van der Waals surface area contributed by atoms with Crippen molar-refractivity contribution < 1.29 is 23.9 Å². The van der Waals surface area contributed by atoms with Crippen LogP contribution in [0, 0.1) is 40.4 Å². The van der Waals surface area contributed by atoms with Crippen LogP contribution in [0.1, 0.15) is 76.2 Å². The van der Waals surface area contributed by atoms with E-state index >= 15 is 0 Å². The molecule has 0 radical (unpaired) electrons. The molecule has 1 spiro atoms. The van der Waals surface area contributed by atoms with E-state index in [4.69, 9.17) is 4.74 Å². The highest BCUT2D eigenvalue weighted by Crippen LogP contribution is 2.54. The quantitative estimate of drug-likeness (QED) is 0.376. The lowest BCUT2D eigenvalue weighted by Gasteiger charge is -2.50. The van der Waals surface area contributed by atoms with E-state index in [1.807, 2.05) is 42.2 Å². The highest BCUT2D eigenvalue weighted by atomic mass is 16.5. The number of hydrogen-bond donors (Lipinski definition) is 2. The molecule has 7 atom stereocenters. The van der Waals surface area contributed by atoms with Gasteiger partial charge in [0.1, 0.15) is 6.04 Å². The fourth-order valence-corrected chi connectivity index (χ4v) is 8.74. The molecule has 3 heterocycles. The predicted octanol–water partition coefficient (Wildman–Crippen LogP) is 3.59. The molecule has 2 aliphatic carbocycles. The Morgan fingerprint density at radius 2 is 1.63 bits per heavy atom. The molecule has 266 valence electrons. The van der Waals surface area contributed by atoms with Gasteiger partial charge in [-0.3, -0.25) is 23.9 Å². The van der Waals surface area contributed by atoms with Gasteiger partial charge in [0.05, 0.1) is 30.3 Å². The van der Waals surface area contributed by atoms with Gasteiger partial charge in [-0.1, -0.05) is 58.0 Å². The van der Waals surface area contributed by atoms with Crippen LogP contribution in [0.3, 0.4) is 0 Å². The fraction of sp³-hybridized carbons (Fsp3) is 0.658. The van der Waals surface area contributed by atoms with Crippen molar-refractivity contribution >= 4 is 23.6 Å². The Balaban J connectivity index is 1.16. The van der Waals surface area contributed by atoms with E-state index in [0.29, 0.717) is 56.1 Å². The maximum Gasteiger partial charge on any atom is 0.257 e. The van der Waals surface area contributed by atoms with Gasteiger partial charge in [-0.2, -0.15) is 5.10 Å². The first-order chi connectivity index (χ1) is 23.3. The van der Waals surface area contributed by atoms with Crippen LogP contribution in [0.25, 0.3) is 0 Å². The van der Waals surface area contributed by atoms with Crippen LogP contribution in [0.4, 0.5) is 0 Å². The topological polar surface area (TPSA) is 126 Å². The van der Waals surface area contributed by atoms with Crippen LogP contribution in [0.5, 0.6) is 0 Å². The number of ether oxygens (including phenoxy) is 1. The van der Waals surface area contributed by atoms with Crippen LogP contribution in [0.15, 0.2) is 42.7 Å². The van der Waals surface area contributed by atoms with Crippen LogP contribution in [-0.2, 0) is 25.7 Å². The zero-order valence-electron chi connectivity index (χ0n) is 30.0. The number of rotatable bonds is 11. The average molecular weight is 675 g/mol. The van der Waals surface area contributed by atoms with E-state index in [2.05, 4.69) is 43.4 Å². The summed E-state index contributed by atoms with van der Waals surface area (Å²) in [6, 6.07) is 9.03. The summed E-state index contributed by atoms with van der Waals surface area (Å²) in [6.07, 6.45) is 7.06. The highest BCUT2D eigenvalue weighted by Gasteiger charge is 2.62. The van der Waals surface area contributed by atoms with Crippen molar-refractivity contribution in [2.24, 2.45) is 40.4 Å². The zero-order valence-corrected chi connectivity index (χ0v) is 30.0. The molecule has 4 aliphatic rings. The van der Waals surface area contributed by atoms with E-state index in [1.165, 1.54) is 6.42 Å². The summed E-state index contributed by atoms with van der Waals surface area (Å²) >= 11 is 0. The minimum absolute atomic E-state index is 0.00121. The van der Waals surface area contributed by atoms with Gasteiger partial charge in [0.2, 0.25) is 17.7 Å². The first-order valence-corrected chi connectivity index (χ1v) is 18.1. The monoisotopic (exact) mass is 674 g/mol. The van der Waals surface area contributed by atoms with E-state index in [-0.39, 0.29) is 41.5 Å². The molecule has 4 amide bonds. The number of nitrogens with zero attached hydrogens (tertiary/aromatic N) is 4. The maximum atomic E-state index is 14.2. The number of aromatic nitrogens is 2. The molecule has 0 bridgehead atoms. The Hall–Kier alpha value is -3.73. The summed E-state index contributed by atoms with van der Waals surface area (Å²) in [4.78, 5) is 58.1. The minimum Gasteiger partial charge on any atom is -0.376 e. The number of hydrogen-bond acceptors (Lipinski definition) is 6. The third-order valence-corrected chi connectivity index (χ3v) is 11.6. The predicted molar refractivity (Wildman–Crippen MR) is 185 cm³/mol. The summed E-state index contributed by atoms with van der Waals surface area (Å²) in [7, 11) is 1.56. The van der Waals surface area contributed by atoms with Crippen molar-refractivity contribution in [1.29, 1.82) is 0 Å². The second-order valence-electron chi connectivity index (χ2n) is 16.4. The molecule has 2 saturated heterocycles. The lowest BCUT2D eigenvalue weighted by Crippen LogP contribution is -2.65. The second kappa shape index (κ2) is 13.9. The molecular formula is C38H54N6O5. The van der Waals surface area contributed by atoms with Gasteiger partial charge in [-0.15, -0.1) is 0 Å². The van der Waals surface area contributed by atoms with E-state index in [1.54, 1.807) is 29.0 Å². The summed E-state index contributed by atoms with van der Waals surface area (Å²) in [5.74, 6) is 0.428. The van der Waals surface area contributed by atoms with Crippen molar-refractivity contribution in [2.75, 3.05) is 39.8 Å². The number of likely N-dealkylation sites (tertiary alicyclic amines) is 2. The summed E-state index contributed by atoms with van der Waals surface area (Å²) in [5.41, 5.74) is 0.931.